The minimum atomic E-state index is -0.952. The molecule has 1 unspecified atom stereocenters. The molecule has 0 amide bonds. The number of carbonyl (C=O) groups is 1. The van der Waals surface area contributed by atoms with Crippen molar-refractivity contribution in [3.05, 3.63) is 41.0 Å². The van der Waals surface area contributed by atoms with E-state index in [4.69, 9.17) is 14.6 Å². The summed E-state index contributed by atoms with van der Waals surface area (Å²) < 4.78 is 10.9. The van der Waals surface area contributed by atoms with E-state index in [1.54, 1.807) is 6.08 Å². The first-order valence-corrected chi connectivity index (χ1v) is 6.31. The summed E-state index contributed by atoms with van der Waals surface area (Å²) in [6, 6.07) is 5.90. The number of aliphatic carboxylic acids is 1. The SMILES string of the molecule is Cc1ccc(C=CC(=O)O)c([C@@H](C)OCC2CO2)c1. The number of rotatable bonds is 6. The molecule has 0 radical (unpaired) electrons. The summed E-state index contributed by atoms with van der Waals surface area (Å²) in [6.45, 7) is 5.32. The number of carboxylic acids is 1. The first-order chi connectivity index (χ1) is 9.06. The number of hydrogen-bond acceptors (Lipinski definition) is 3. The summed E-state index contributed by atoms with van der Waals surface area (Å²) in [7, 11) is 0. The summed E-state index contributed by atoms with van der Waals surface area (Å²) in [4.78, 5) is 10.6. The standard InChI is InChI=1S/C15H18O4/c1-10-3-4-12(5-6-15(16)17)14(7-10)11(2)18-8-13-9-19-13/h3-7,11,13H,8-9H2,1-2H3,(H,16,17)/t11-,13?/m1/s1. The first kappa shape index (κ1) is 13.8. The fourth-order valence-corrected chi connectivity index (χ4v) is 1.86. The van der Waals surface area contributed by atoms with Crippen molar-refractivity contribution in [2.75, 3.05) is 13.2 Å². The molecule has 2 rings (SSSR count). The zero-order chi connectivity index (χ0) is 13.8. The van der Waals surface area contributed by atoms with E-state index >= 15 is 0 Å². The van der Waals surface area contributed by atoms with Gasteiger partial charge in [0.25, 0.3) is 0 Å². The van der Waals surface area contributed by atoms with Gasteiger partial charge in [-0.2, -0.15) is 0 Å². The molecule has 1 saturated heterocycles. The highest BCUT2D eigenvalue weighted by atomic mass is 16.6. The molecule has 4 heteroatoms. The molecule has 0 aromatic heterocycles. The largest absolute Gasteiger partial charge is 0.478 e. The number of hydrogen-bond donors (Lipinski definition) is 1. The van der Waals surface area contributed by atoms with Crippen molar-refractivity contribution < 1.29 is 19.4 Å². The highest BCUT2D eigenvalue weighted by molar-refractivity contribution is 5.85. The molecule has 0 spiro atoms. The Bertz CT molecular complexity index is 489. The number of aryl methyl sites for hydroxylation is 1. The fourth-order valence-electron chi connectivity index (χ4n) is 1.86. The highest BCUT2D eigenvalue weighted by Crippen LogP contribution is 2.25. The van der Waals surface area contributed by atoms with Crippen LogP contribution in [0.1, 0.15) is 29.7 Å². The Hall–Kier alpha value is -1.65. The van der Waals surface area contributed by atoms with Gasteiger partial charge < -0.3 is 14.6 Å². The van der Waals surface area contributed by atoms with Crippen LogP contribution in [0.15, 0.2) is 24.3 Å². The molecule has 1 aromatic carbocycles. The van der Waals surface area contributed by atoms with Crippen LogP contribution in [0.4, 0.5) is 0 Å². The third-order valence-corrected chi connectivity index (χ3v) is 3.02. The van der Waals surface area contributed by atoms with Gasteiger partial charge in [0.15, 0.2) is 0 Å². The fraction of sp³-hybridized carbons (Fsp3) is 0.400. The predicted octanol–water partition coefficient (Wildman–Crippen LogP) is 2.57. The summed E-state index contributed by atoms with van der Waals surface area (Å²) in [5.41, 5.74) is 3.00. The normalized spacial score (nSPS) is 19.6. The molecule has 2 atom stereocenters. The van der Waals surface area contributed by atoms with Crippen LogP contribution in [-0.4, -0.2) is 30.4 Å². The summed E-state index contributed by atoms with van der Waals surface area (Å²) in [5, 5.41) is 8.71. The molecule has 1 heterocycles. The second-order valence-electron chi connectivity index (χ2n) is 4.73. The molecule has 1 aliphatic heterocycles. The van der Waals surface area contributed by atoms with E-state index in [1.165, 1.54) is 0 Å². The van der Waals surface area contributed by atoms with Gasteiger partial charge in [-0.15, -0.1) is 0 Å². The lowest BCUT2D eigenvalue weighted by atomic mass is 10.00. The molecule has 19 heavy (non-hydrogen) atoms. The molecule has 1 N–H and O–H groups in total. The third kappa shape index (κ3) is 4.19. The van der Waals surface area contributed by atoms with Crippen LogP contribution in [0.3, 0.4) is 0 Å². The second-order valence-corrected chi connectivity index (χ2v) is 4.73. The molecule has 1 fully saturated rings. The predicted molar refractivity (Wildman–Crippen MR) is 72.0 cm³/mol. The lowest BCUT2D eigenvalue weighted by Crippen LogP contribution is -2.07. The Morgan fingerprint density at radius 3 is 3.00 bits per heavy atom. The molecule has 1 aromatic rings. The topological polar surface area (TPSA) is 59.1 Å². The van der Waals surface area contributed by atoms with E-state index in [-0.39, 0.29) is 12.2 Å². The summed E-state index contributed by atoms with van der Waals surface area (Å²) in [5.74, 6) is -0.952. The van der Waals surface area contributed by atoms with Gasteiger partial charge in [-0.05, 0) is 31.1 Å². The maximum Gasteiger partial charge on any atom is 0.328 e. The molecule has 1 aliphatic rings. The van der Waals surface area contributed by atoms with Crippen LogP contribution in [0.2, 0.25) is 0 Å². The second kappa shape index (κ2) is 5.99. The number of epoxide rings is 1. The molecule has 102 valence electrons. The van der Waals surface area contributed by atoms with Crippen molar-refractivity contribution in [1.29, 1.82) is 0 Å². The number of ether oxygens (including phenoxy) is 2. The minimum Gasteiger partial charge on any atom is -0.478 e. The van der Waals surface area contributed by atoms with Crippen molar-refractivity contribution in [2.45, 2.75) is 26.1 Å². The van der Waals surface area contributed by atoms with Crippen molar-refractivity contribution in [3.8, 4) is 0 Å². The van der Waals surface area contributed by atoms with Crippen LogP contribution >= 0.6 is 0 Å². The van der Waals surface area contributed by atoms with Gasteiger partial charge in [0, 0.05) is 6.08 Å². The average Bonchev–Trinajstić information content (AvgIpc) is 3.18. The lowest BCUT2D eigenvalue weighted by Gasteiger charge is -2.16. The number of benzene rings is 1. The van der Waals surface area contributed by atoms with E-state index in [9.17, 15) is 4.79 Å². The van der Waals surface area contributed by atoms with E-state index < -0.39 is 5.97 Å². The molecule has 0 bridgehead atoms. The van der Waals surface area contributed by atoms with Crippen LogP contribution in [0, 0.1) is 6.92 Å². The Kier molecular flexibility index (Phi) is 4.35. The van der Waals surface area contributed by atoms with Crippen molar-refractivity contribution in [3.63, 3.8) is 0 Å². The monoisotopic (exact) mass is 262 g/mol. The maximum absolute atomic E-state index is 10.6. The Morgan fingerprint density at radius 1 is 1.63 bits per heavy atom. The summed E-state index contributed by atoms with van der Waals surface area (Å²) in [6.07, 6.45) is 2.89. The van der Waals surface area contributed by atoms with Crippen LogP contribution < -0.4 is 0 Å². The molecule has 0 aliphatic carbocycles. The number of carboxylic acid groups (broad SMARTS) is 1. The van der Waals surface area contributed by atoms with E-state index in [0.717, 1.165) is 29.4 Å². The molecular weight excluding hydrogens is 244 g/mol. The molecular formula is C15H18O4. The third-order valence-electron chi connectivity index (χ3n) is 3.02. The van der Waals surface area contributed by atoms with Gasteiger partial charge in [0.2, 0.25) is 0 Å². The van der Waals surface area contributed by atoms with Gasteiger partial charge in [-0.1, -0.05) is 23.8 Å². The van der Waals surface area contributed by atoms with Crippen molar-refractivity contribution in [2.24, 2.45) is 0 Å². The maximum atomic E-state index is 10.6. The quantitative estimate of drug-likeness (QED) is 0.632. The van der Waals surface area contributed by atoms with Gasteiger partial charge >= 0.3 is 5.97 Å². The van der Waals surface area contributed by atoms with Gasteiger partial charge in [0.05, 0.1) is 19.3 Å². The van der Waals surface area contributed by atoms with Crippen LogP contribution in [0.25, 0.3) is 6.08 Å². The smallest absolute Gasteiger partial charge is 0.328 e. The Labute approximate surface area is 112 Å². The van der Waals surface area contributed by atoms with E-state index in [2.05, 4.69) is 0 Å². The van der Waals surface area contributed by atoms with E-state index in [0.29, 0.717) is 6.61 Å². The van der Waals surface area contributed by atoms with Crippen molar-refractivity contribution >= 4 is 12.0 Å². The van der Waals surface area contributed by atoms with Gasteiger partial charge in [-0.3, -0.25) is 0 Å². The zero-order valence-electron chi connectivity index (χ0n) is 11.1. The van der Waals surface area contributed by atoms with Crippen molar-refractivity contribution in [1.82, 2.24) is 0 Å². The highest BCUT2D eigenvalue weighted by Gasteiger charge is 2.24. The lowest BCUT2D eigenvalue weighted by molar-refractivity contribution is -0.131. The Morgan fingerprint density at radius 2 is 2.37 bits per heavy atom. The van der Waals surface area contributed by atoms with Gasteiger partial charge in [0.1, 0.15) is 6.10 Å². The molecule has 4 nitrogen and oxygen atoms in total. The van der Waals surface area contributed by atoms with Crippen LogP contribution in [0.5, 0.6) is 0 Å². The van der Waals surface area contributed by atoms with E-state index in [1.807, 2.05) is 32.0 Å². The van der Waals surface area contributed by atoms with Gasteiger partial charge in [-0.25, -0.2) is 4.79 Å². The Balaban J connectivity index is 2.14. The summed E-state index contributed by atoms with van der Waals surface area (Å²) >= 11 is 0. The van der Waals surface area contributed by atoms with Crippen LogP contribution in [-0.2, 0) is 14.3 Å². The minimum absolute atomic E-state index is 0.0856. The first-order valence-electron chi connectivity index (χ1n) is 6.31. The average molecular weight is 262 g/mol. The zero-order valence-corrected chi connectivity index (χ0v) is 11.1. The molecule has 0 saturated carbocycles.